The average molecular weight is 373 g/mol. The van der Waals surface area contributed by atoms with Gasteiger partial charge in [-0.05, 0) is 30.5 Å². The first-order valence-corrected chi connectivity index (χ1v) is 7.90. The van der Waals surface area contributed by atoms with E-state index in [1.54, 1.807) is 14.2 Å². The van der Waals surface area contributed by atoms with Gasteiger partial charge in [0.1, 0.15) is 6.10 Å². The Morgan fingerprint density at radius 1 is 1.36 bits per heavy atom. The number of nitrogens with two attached hydrogens (primary N) is 1. The molecule has 3 N–H and O–H groups in total. The summed E-state index contributed by atoms with van der Waals surface area (Å²) in [7, 11) is 3.22. The van der Waals surface area contributed by atoms with Gasteiger partial charge >= 0.3 is 0 Å². The number of carbonyl (C=O) groups excluding carboxylic acids is 1. The predicted molar refractivity (Wildman–Crippen MR) is 86.0 cm³/mol. The van der Waals surface area contributed by atoms with Crippen LogP contribution in [0, 0.1) is 0 Å². The lowest BCUT2D eigenvalue weighted by Gasteiger charge is -2.15. The summed E-state index contributed by atoms with van der Waals surface area (Å²) in [5, 5.41) is 3.33. The highest BCUT2D eigenvalue weighted by Gasteiger charge is 2.28. The van der Waals surface area contributed by atoms with Gasteiger partial charge in [0.05, 0.1) is 20.3 Å². The van der Waals surface area contributed by atoms with Crippen LogP contribution in [-0.4, -0.2) is 38.9 Å². The summed E-state index contributed by atoms with van der Waals surface area (Å²) >= 11 is 3.53. The fourth-order valence-electron chi connectivity index (χ4n) is 2.46. The second kappa shape index (κ2) is 7.80. The number of hydrogen-bond donors (Lipinski definition) is 2. The van der Waals surface area contributed by atoms with Crippen molar-refractivity contribution < 1.29 is 19.0 Å². The van der Waals surface area contributed by atoms with E-state index >= 15 is 0 Å². The third-order valence-corrected chi connectivity index (χ3v) is 4.40. The van der Waals surface area contributed by atoms with Crippen LogP contribution >= 0.6 is 15.9 Å². The van der Waals surface area contributed by atoms with E-state index in [2.05, 4.69) is 21.2 Å². The minimum absolute atomic E-state index is 0.0245. The number of amides is 1. The lowest BCUT2D eigenvalue weighted by atomic mass is 10.1. The van der Waals surface area contributed by atoms with Gasteiger partial charge in [0.25, 0.3) is 0 Å². The molecule has 1 aromatic carbocycles. The standard InChI is InChI=1S/C15H21BrN2O4/c1-20-13-5-9(11(16)6-14(13)21-2)7-18-8-10-3-4-12(22-10)15(17)19/h5-6,10,12,18H,3-4,7-8H2,1-2H3,(H2,17,19). The minimum Gasteiger partial charge on any atom is -0.493 e. The van der Waals surface area contributed by atoms with Gasteiger partial charge in [-0.3, -0.25) is 4.79 Å². The molecule has 0 spiro atoms. The van der Waals surface area contributed by atoms with Crippen LogP contribution in [-0.2, 0) is 16.1 Å². The molecule has 0 radical (unpaired) electrons. The number of ether oxygens (including phenoxy) is 3. The van der Waals surface area contributed by atoms with Crippen molar-refractivity contribution in [1.82, 2.24) is 5.32 Å². The highest BCUT2D eigenvalue weighted by Crippen LogP contribution is 2.33. The van der Waals surface area contributed by atoms with Crippen molar-refractivity contribution >= 4 is 21.8 Å². The summed E-state index contributed by atoms with van der Waals surface area (Å²) in [6.45, 7) is 1.33. The summed E-state index contributed by atoms with van der Waals surface area (Å²) in [6, 6.07) is 3.81. The highest BCUT2D eigenvalue weighted by atomic mass is 79.9. The normalized spacial score (nSPS) is 20.9. The van der Waals surface area contributed by atoms with Crippen LogP contribution in [0.4, 0.5) is 0 Å². The molecule has 1 aliphatic rings. The molecule has 1 saturated heterocycles. The van der Waals surface area contributed by atoms with E-state index in [-0.39, 0.29) is 12.0 Å². The van der Waals surface area contributed by atoms with Crippen molar-refractivity contribution in [3.63, 3.8) is 0 Å². The Bertz CT molecular complexity index is 539. The number of nitrogens with one attached hydrogen (secondary N) is 1. The molecular formula is C15H21BrN2O4. The molecule has 1 amide bonds. The summed E-state index contributed by atoms with van der Waals surface area (Å²) in [6.07, 6.45) is 1.12. The molecule has 1 fully saturated rings. The Labute approximate surface area is 138 Å². The van der Waals surface area contributed by atoms with Crippen LogP contribution in [0.15, 0.2) is 16.6 Å². The maximum Gasteiger partial charge on any atom is 0.246 e. The fourth-order valence-corrected chi connectivity index (χ4v) is 2.93. The molecule has 22 heavy (non-hydrogen) atoms. The zero-order chi connectivity index (χ0) is 16.1. The molecule has 2 unspecified atom stereocenters. The van der Waals surface area contributed by atoms with Crippen molar-refractivity contribution in [3.8, 4) is 11.5 Å². The van der Waals surface area contributed by atoms with Crippen molar-refractivity contribution in [2.24, 2.45) is 5.73 Å². The van der Waals surface area contributed by atoms with Crippen LogP contribution in [0.1, 0.15) is 18.4 Å². The predicted octanol–water partition coefficient (Wildman–Crippen LogP) is 1.59. The third-order valence-electron chi connectivity index (χ3n) is 3.66. The van der Waals surface area contributed by atoms with E-state index in [4.69, 9.17) is 19.9 Å². The van der Waals surface area contributed by atoms with Crippen molar-refractivity contribution in [2.45, 2.75) is 31.6 Å². The maximum absolute atomic E-state index is 11.1. The molecule has 1 heterocycles. The largest absolute Gasteiger partial charge is 0.493 e. The Hall–Kier alpha value is -1.31. The quantitative estimate of drug-likeness (QED) is 0.759. The molecule has 122 valence electrons. The van der Waals surface area contributed by atoms with Crippen LogP contribution in [0.3, 0.4) is 0 Å². The molecule has 1 aromatic rings. The Morgan fingerprint density at radius 2 is 2.05 bits per heavy atom. The molecule has 7 heteroatoms. The molecule has 1 aliphatic heterocycles. The number of benzene rings is 1. The van der Waals surface area contributed by atoms with Crippen molar-refractivity contribution in [2.75, 3.05) is 20.8 Å². The van der Waals surface area contributed by atoms with Gasteiger partial charge in [-0.1, -0.05) is 15.9 Å². The SMILES string of the molecule is COc1cc(Br)c(CNCC2CCC(C(N)=O)O2)cc1OC. The van der Waals surface area contributed by atoms with Gasteiger partial charge in [-0.15, -0.1) is 0 Å². The number of primary amides is 1. The molecule has 2 atom stereocenters. The van der Waals surface area contributed by atoms with E-state index in [0.29, 0.717) is 31.0 Å². The van der Waals surface area contributed by atoms with E-state index in [0.717, 1.165) is 16.5 Å². The Kier molecular flexibility index (Phi) is 6.05. The Balaban J connectivity index is 1.88. The van der Waals surface area contributed by atoms with Crippen LogP contribution < -0.4 is 20.5 Å². The van der Waals surface area contributed by atoms with Crippen LogP contribution in [0.2, 0.25) is 0 Å². The van der Waals surface area contributed by atoms with E-state index in [1.165, 1.54) is 0 Å². The zero-order valence-electron chi connectivity index (χ0n) is 12.7. The van der Waals surface area contributed by atoms with Gasteiger partial charge in [-0.25, -0.2) is 0 Å². The summed E-state index contributed by atoms with van der Waals surface area (Å²) < 4.78 is 17.1. The topological polar surface area (TPSA) is 82.8 Å². The first-order chi connectivity index (χ1) is 10.5. The second-order valence-electron chi connectivity index (χ2n) is 5.16. The summed E-state index contributed by atoms with van der Waals surface area (Å²) in [5.74, 6) is 0.986. The van der Waals surface area contributed by atoms with Crippen molar-refractivity contribution in [1.29, 1.82) is 0 Å². The second-order valence-corrected chi connectivity index (χ2v) is 6.01. The average Bonchev–Trinajstić information content (AvgIpc) is 2.97. The molecule has 0 saturated carbocycles. The lowest BCUT2D eigenvalue weighted by Crippen LogP contribution is -2.31. The number of carbonyl (C=O) groups is 1. The van der Waals surface area contributed by atoms with E-state index in [1.807, 2.05) is 12.1 Å². The zero-order valence-corrected chi connectivity index (χ0v) is 14.3. The molecule has 0 aliphatic carbocycles. The van der Waals surface area contributed by atoms with Gasteiger partial charge in [0, 0.05) is 17.6 Å². The third kappa shape index (κ3) is 4.12. The molecule has 0 bridgehead atoms. The molecular weight excluding hydrogens is 352 g/mol. The molecule has 6 nitrogen and oxygen atoms in total. The molecule has 0 aromatic heterocycles. The van der Waals surface area contributed by atoms with E-state index in [9.17, 15) is 4.79 Å². The number of hydrogen-bond acceptors (Lipinski definition) is 5. The van der Waals surface area contributed by atoms with Crippen LogP contribution in [0.5, 0.6) is 11.5 Å². The fraction of sp³-hybridized carbons (Fsp3) is 0.533. The van der Waals surface area contributed by atoms with Gasteiger partial charge in [-0.2, -0.15) is 0 Å². The monoisotopic (exact) mass is 372 g/mol. The van der Waals surface area contributed by atoms with Gasteiger partial charge in [0.2, 0.25) is 5.91 Å². The highest BCUT2D eigenvalue weighted by molar-refractivity contribution is 9.10. The number of rotatable bonds is 7. The minimum atomic E-state index is -0.445. The first kappa shape index (κ1) is 17.1. The lowest BCUT2D eigenvalue weighted by molar-refractivity contribution is -0.128. The maximum atomic E-state index is 11.1. The summed E-state index contributed by atoms with van der Waals surface area (Å²) in [4.78, 5) is 11.1. The van der Waals surface area contributed by atoms with Gasteiger partial charge in [0.15, 0.2) is 11.5 Å². The smallest absolute Gasteiger partial charge is 0.246 e. The van der Waals surface area contributed by atoms with Gasteiger partial charge < -0.3 is 25.3 Å². The van der Waals surface area contributed by atoms with Crippen molar-refractivity contribution in [3.05, 3.63) is 22.2 Å². The first-order valence-electron chi connectivity index (χ1n) is 7.11. The van der Waals surface area contributed by atoms with E-state index < -0.39 is 6.10 Å². The number of methoxy groups -OCH3 is 2. The van der Waals surface area contributed by atoms with Crippen LogP contribution in [0.25, 0.3) is 0 Å². The summed E-state index contributed by atoms with van der Waals surface area (Å²) in [5.41, 5.74) is 6.30. The Morgan fingerprint density at radius 3 is 2.64 bits per heavy atom. The molecule has 2 rings (SSSR count). The number of halogens is 1.